The number of nitrogens with one attached hydrogen (secondary N) is 2. The summed E-state index contributed by atoms with van der Waals surface area (Å²) in [5.74, 6) is -2.68. The molecule has 3 rings (SSSR count). The van der Waals surface area contributed by atoms with E-state index in [1.165, 1.54) is 6.21 Å². The van der Waals surface area contributed by atoms with Crippen molar-refractivity contribution in [3.63, 3.8) is 0 Å². The molecule has 8 heteroatoms. The van der Waals surface area contributed by atoms with Gasteiger partial charge in [0.05, 0.1) is 0 Å². The Kier molecular flexibility index (Phi) is 5.71. The van der Waals surface area contributed by atoms with E-state index in [2.05, 4.69) is 10.3 Å². The van der Waals surface area contributed by atoms with Gasteiger partial charge >= 0.3 is 160 Å². The van der Waals surface area contributed by atoms with Gasteiger partial charge < -0.3 is 0 Å². The molecule has 0 unspecified atom stereocenters. The van der Waals surface area contributed by atoms with Gasteiger partial charge in [-0.05, 0) is 0 Å². The molecular formula is C18H19F2IN3O2-. The number of halogens is 3. The van der Waals surface area contributed by atoms with E-state index in [1.807, 2.05) is 34.4 Å². The quantitative estimate of drug-likeness (QED) is 0.328. The van der Waals surface area contributed by atoms with Crippen LogP contribution >= 0.6 is 0 Å². The van der Waals surface area contributed by atoms with Crippen LogP contribution in [0.25, 0.3) is 0 Å². The topological polar surface area (TPSA) is 73.7 Å². The summed E-state index contributed by atoms with van der Waals surface area (Å²) >= 11 is -0.606. The molecule has 0 aromatic heterocycles. The van der Waals surface area contributed by atoms with Gasteiger partial charge in [-0.1, -0.05) is 0 Å². The van der Waals surface area contributed by atoms with Crippen LogP contribution in [0.15, 0.2) is 54.9 Å². The molecular weight excluding hydrogens is 455 g/mol. The first kappa shape index (κ1) is 19.0. The average Bonchev–Trinajstić information content (AvgIpc) is 2.89. The van der Waals surface area contributed by atoms with E-state index in [9.17, 15) is 13.6 Å². The van der Waals surface area contributed by atoms with Crippen LogP contribution in [0.3, 0.4) is 0 Å². The van der Waals surface area contributed by atoms with Crippen LogP contribution < -0.4 is 32.0 Å². The molecule has 1 amide bonds. The molecule has 26 heavy (non-hydrogen) atoms. The second kappa shape index (κ2) is 7.83. The first-order chi connectivity index (χ1) is 12.4. The van der Waals surface area contributed by atoms with Crippen molar-refractivity contribution in [2.45, 2.75) is 37.1 Å². The Hall–Kier alpha value is -1.81. The molecule has 0 radical (unpaired) electrons. The van der Waals surface area contributed by atoms with Crippen LogP contribution in [-0.4, -0.2) is 23.3 Å². The number of rotatable bonds is 4. The third kappa shape index (κ3) is 4.29. The van der Waals surface area contributed by atoms with Crippen LogP contribution in [0.1, 0.15) is 31.2 Å². The molecule has 1 aliphatic heterocycles. The molecule has 2 aliphatic rings. The van der Waals surface area contributed by atoms with E-state index >= 15 is 0 Å². The number of benzene rings is 1. The van der Waals surface area contributed by atoms with Crippen LogP contribution in [0.4, 0.5) is 8.78 Å². The number of carbonyl (C=O) groups is 1. The van der Waals surface area contributed by atoms with Gasteiger partial charge in [-0.25, -0.2) is 0 Å². The maximum atomic E-state index is 13.7. The van der Waals surface area contributed by atoms with Gasteiger partial charge in [0.15, 0.2) is 0 Å². The summed E-state index contributed by atoms with van der Waals surface area (Å²) in [5, 5.41) is 12.1. The summed E-state index contributed by atoms with van der Waals surface area (Å²) in [4.78, 5) is 15.8. The molecule has 140 valence electrons. The van der Waals surface area contributed by atoms with Gasteiger partial charge in [-0.15, -0.1) is 0 Å². The van der Waals surface area contributed by atoms with Crippen molar-refractivity contribution < 1.29 is 40.0 Å². The van der Waals surface area contributed by atoms with E-state index in [0.717, 1.165) is 5.56 Å². The van der Waals surface area contributed by atoms with E-state index in [4.69, 9.17) is 5.21 Å². The van der Waals surface area contributed by atoms with Crippen molar-refractivity contribution in [2.75, 3.05) is 0 Å². The zero-order valence-electron chi connectivity index (χ0n) is 13.9. The molecule has 1 aliphatic carbocycles. The Labute approximate surface area is 160 Å². The number of nitrogens with zero attached hydrogens (tertiary/aromatic N) is 1. The van der Waals surface area contributed by atoms with Gasteiger partial charge in [0.2, 0.25) is 0 Å². The second-order valence-electron chi connectivity index (χ2n) is 6.31. The van der Waals surface area contributed by atoms with Crippen molar-refractivity contribution in [3.8, 4) is 0 Å². The first-order valence-electron chi connectivity index (χ1n) is 8.16. The zero-order chi connectivity index (χ0) is 18.6. The molecule has 0 bridgehead atoms. The van der Waals surface area contributed by atoms with Gasteiger partial charge in [-0.2, -0.15) is 0 Å². The number of hydroxylamine groups is 1. The minimum absolute atomic E-state index is 0.183. The maximum absolute atomic E-state index is 13.7. The van der Waals surface area contributed by atoms with Crippen molar-refractivity contribution >= 4 is 12.1 Å². The molecule has 1 fully saturated rings. The molecule has 1 aromatic carbocycles. The Bertz CT molecular complexity index is 753. The van der Waals surface area contributed by atoms with Crippen LogP contribution in [0, 0.1) is 0 Å². The van der Waals surface area contributed by atoms with Crippen LogP contribution in [0.5, 0.6) is 0 Å². The van der Waals surface area contributed by atoms with E-state index < -0.39 is 38.6 Å². The number of amides is 1. The Morgan fingerprint density at radius 2 is 1.81 bits per heavy atom. The summed E-state index contributed by atoms with van der Waals surface area (Å²) in [6.07, 6.45) is 1.61. The zero-order valence-corrected chi connectivity index (χ0v) is 16.0. The van der Waals surface area contributed by atoms with E-state index in [1.54, 1.807) is 9.56 Å². The second-order valence-corrected chi connectivity index (χ2v) is 8.28. The average molecular weight is 474 g/mol. The van der Waals surface area contributed by atoms with E-state index in [0.29, 0.717) is 18.7 Å². The normalized spacial score (nSPS) is 21.5. The fourth-order valence-corrected chi connectivity index (χ4v) is 4.79. The number of aliphatic imine (C=N–C) groups is 1. The number of hydrogen-bond donors (Lipinski definition) is 3. The molecule has 1 heterocycles. The number of alkyl halides is 2. The molecule has 0 atom stereocenters. The van der Waals surface area contributed by atoms with Crippen molar-refractivity contribution in [2.24, 2.45) is 4.99 Å². The molecule has 0 spiro atoms. The van der Waals surface area contributed by atoms with Gasteiger partial charge in [0, 0.05) is 0 Å². The molecule has 3 N–H and O–H groups in total. The van der Waals surface area contributed by atoms with Gasteiger partial charge in [0.25, 0.3) is 0 Å². The fraction of sp³-hybridized carbons (Fsp3) is 0.333. The first-order valence-corrected chi connectivity index (χ1v) is 10.7. The Morgan fingerprint density at radius 3 is 2.46 bits per heavy atom. The predicted octanol–water partition coefficient (Wildman–Crippen LogP) is 0.0424. The number of carbonyl (C=O) groups excluding carboxylic acids is 1. The Morgan fingerprint density at radius 1 is 1.12 bits per heavy atom. The van der Waals surface area contributed by atoms with Crippen molar-refractivity contribution in [1.29, 1.82) is 0 Å². The SMILES string of the molecule is O=C(NO)C1=C[I-]C=C(NC2(c3ccccc3)CCC(F)(F)CC2)N=C1. The molecule has 5 nitrogen and oxygen atoms in total. The standard InChI is InChI=1S/C18H19F2IN3O2/c19-18(20)8-6-17(7-9-18,14-4-2-1-3-5-14)23-15-11-21-10-13(12-22-15)16(25)24-26/h1-5,10-12,23,26H,6-9H2,(H,24,25)/q-1. The monoisotopic (exact) mass is 474 g/mol. The van der Waals surface area contributed by atoms with Gasteiger partial charge in [0.1, 0.15) is 0 Å². The number of hydrogen-bond acceptors (Lipinski definition) is 4. The minimum atomic E-state index is -2.64. The summed E-state index contributed by atoms with van der Waals surface area (Å²) < 4.78 is 31.1. The van der Waals surface area contributed by atoms with Gasteiger partial charge in [-0.3, -0.25) is 0 Å². The molecule has 0 saturated heterocycles. The summed E-state index contributed by atoms with van der Waals surface area (Å²) in [7, 11) is 0. The molecule has 1 aromatic rings. The summed E-state index contributed by atoms with van der Waals surface area (Å²) in [5.41, 5.74) is 2.22. The van der Waals surface area contributed by atoms with Crippen LogP contribution in [-0.2, 0) is 10.3 Å². The summed E-state index contributed by atoms with van der Waals surface area (Å²) in [6, 6.07) is 9.57. The van der Waals surface area contributed by atoms with E-state index in [-0.39, 0.29) is 18.4 Å². The third-order valence-corrected chi connectivity index (χ3v) is 6.56. The van der Waals surface area contributed by atoms with Crippen LogP contribution in [0.2, 0.25) is 0 Å². The van der Waals surface area contributed by atoms with Crippen molar-refractivity contribution in [1.82, 2.24) is 10.8 Å². The summed E-state index contributed by atoms with van der Waals surface area (Å²) in [6.45, 7) is 0. The predicted molar refractivity (Wildman–Crippen MR) is 89.3 cm³/mol. The Balaban J connectivity index is 1.84. The molecule has 1 saturated carbocycles. The fourth-order valence-electron chi connectivity index (χ4n) is 3.12. The van der Waals surface area contributed by atoms with Crippen molar-refractivity contribution in [3.05, 3.63) is 55.5 Å². The third-order valence-electron chi connectivity index (χ3n) is 4.58.